The maximum atomic E-state index is 11.0. The highest BCUT2D eigenvalue weighted by molar-refractivity contribution is 7.99. The van der Waals surface area contributed by atoms with Gasteiger partial charge in [-0.1, -0.05) is 20.8 Å². The predicted octanol–water partition coefficient (Wildman–Crippen LogP) is 2.35. The molecule has 0 bridgehead atoms. The average molecular weight is 160 g/mol. The van der Waals surface area contributed by atoms with E-state index in [-0.39, 0.29) is 5.92 Å². The van der Waals surface area contributed by atoms with E-state index in [1.165, 1.54) is 0 Å². The Morgan fingerprint density at radius 2 is 2.10 bits per heavy atom. The van der Waals surface area contributed by atoms with Crippen LogP contribution < -0.4 is 0 Å². The van der Waals surface area contributed by atoms with Gasteiger partial charge in [-0.05, 0) is 12.2 Å². The van der Waals surface area contributed by atoms with Crippen molar-refractivity contribution in [3.8, 4) is 0 Å². The second-order valence-corrected chi connectivity index (χ2v) is 3.78. The lowest BCUT2D eigenvalue weighted by Crippen LogP contribution is -2.09. The van der Waals surface area contributed by atoms with Crippen molar-refractivity contribution in [3.63, 3.8) is 0 Å². The topological polar surface area (TPSA) is 17.1 Å². The van der Waals surface area contributed by atoms with Crippen LogP contribution in [0.15, 0.2) is 0 Å². The summed E-state index contributed by atoms with van der Waals surface area (Å²) in [6, 6.07) is 0. The van der Waals surface area contributed by atoms with Crippen LogP contribution in [0.4, 0.5) is 0 Å². The summed E-state index contributed by atoms with van der Waals surface area (Å²) in [7, 11) is 0. The lowest BCUT2D eigenvalue weighted by Gasteiger charge is -2.01. The van der Waals surface area contributed by atoms with Crippen LogP contribution in [-0.2, 0) is 4.79 Å². The van der Waals surface area contributed by atoms with E-state index in [1.807, 2.05) is 13.8 Å². The van der Waals surface area contributed by atoms with Gasteiger partial charge < -0.3 is 0 Å². The van der Waals surface area contributed by atoms with Crippen molar-refractivity contribution in [1.29, 1.82) is 0 Å². The van der Waals surface area contributed by atoms with E-state index in [2.05, 4.69) is 6.92 Å². The van der Waals surface area contributed by atoms with Gasteiger partial charge in [-0.3, -0.25) is 4.79 Å². The van der Waals surface area contributed by atoms with E-state index in [9.17, 15) is 4.79 Å². The van der Waals surface area contributed by atoms with Crippen molar-refractivity contribution >= 4 is 17.5 Å². The van der Waals surface area contributed by atoms with E-state index in [4.69, 9.17) is 0 Å². The summed E-state index contributed by atoms with van der Waals surface area (Å²) < 4.78 is 0. The molecule has 0 aromatic rings. The molecule has 0 amide bonds. The minimum atomic E-state index is 0.212. The molecule has 60 valence electrons. The Morgan fingerprint density at radius 1 is 1.50 bits per heavy atom. The van der Waals surface area contributed by atoms with Crippen molar-refractivity contribution in [2.45, 2.75) is 27.2 Å². The monoisotopic (exact) mass is 160 g/mol. The molecule has 0 fully saturated rings. The van der Waals surface area contributed by atoms with Crippen molar-refractivity contribution in [3.05, 3.63) is 0 Å². The summed E-state index contributed by atoms with van der Waals surface area (Å²) in [4.78, 5) is 11.0. The average Bonchev–Trinajstić information content (AvgIpc) is 1.88. The smallest absolute Gasteiger partial charge is 0.145 e. The number of carbonyl (C=O) groups is 1. The molecule has 0 aliphatic carbocycles. The Bertz CT molecular complexity index is 99.4. The Kier molecular flexibility index (Phi) is 5.79. The lowest BCUT2D eigenvalue weighted by atomic mass is 10.1. The summed E-state index contributed by atoms with van der Waals surface area (Å²) in [5, 5.41) is 0. The van der Waals surface area contributed by atoms with Gasteiger partial charge in [0.15, 0.2) is 0 Å². The SMILES string of the molecule is CCCSCC(=O)C(C)C. The highest BCUT2D eigenvalue weighted by Crippen LogP contribution is 2.05. The second-order valence-electron chi connectivity index (χ2n) is 2.67. The summed E-state index contributed by atoms with van der Waals surface area (Å²) in [5.74, 6) is 2.40. The van der Waals surface area contributed by atoms with Gasteiger partial charge >= 0.3 is 0 Å². The molecule has 0 aliphatic rings. The fourth-order valence-corrected chi connectivity index (χ4v) is 1.45. The molecule has 0 heterocycles. The molecule has 10 heavy (non-hydrogen) atoms. The fraction of sp³-hybridized carbons (Fsp3) is 0.875. The van der Waals surface area contributed by atoms with Gasteiger partial charge in [-0.25, -0.2) is 0 Å². The van der Waals surface area contributed by atoms with Crippen LogP contribution in [0.2, 0.25) is 0 Å². The number of ketones is 1. The third-order valence-corrected chi connectivity index (χ3v) is 2.42. The number of Topliss-reactive ketones (excluding diaryl/α,β-unsaturated/α-hetero) is 1. The third-order valence-electron chi connectivity index (χ3n) is 1.24. The van der Waals surface area contributed by atoms with Crippen LogP contribution >= 0.6 is 11.8 Å². The van der Waals surface area contributed by atoms with Crippen LogP contribution in [0.25, 0.3) is 0 Å². The molecule has 1 nitrogen and oxygen atoms in total. The summed E-state index contributed by atoms with van der Waals surface area (Å²) in [5.41, 5.74) is 0. The largest absolute Gasteiger partial charge is 0.298 e. The van der Waals surface area contributed by atoms with E-state index in [0.717, 1.165) is 12.2 Å². The number of hydrogen-bond donors (Lipinski definition) is 0. The van der Waals surface area contributed by atoms with Crippen LogP contribution in [-0.4, -0.2) is 17.3 Å². The van der Waals surface area contributed by atoms with E-state index in [0.29, 0.717) is 11.5 Å². The van der Waals surface area contributed by atoms with Gasteiger partial charge in [0.2, 0.25) is 0 Å². The zero-order valence-corrected chi connectivity index (χ0v) is 7.83. The zero-order valence-electron chi connectivity index (χ0n) is 7.02. The highest BCUT2D eigenvalue weighted by Gasteiger charge is 2.05. The number of rotatable bonds is 5. The van der Waals surface area contributed by atoms with Crippen LogP contribution in [0.3, 0.4) is 0 Å². The maximum absolute atomic E-state index is 11.0. The third kappa shape index (κ3) is 4.86. The maximum Gasteiger partial charge on any atom is 0.145 e. The van der Waals surface area contributed by atoms with Gasteiger partial charge in [0, 0.05) is 5.92 Å². The summed E-state index contributed by atoms with van der Waals surface area (Å²) in [6.45, 7) is 6.04. The first kappa shape index (κ1) is 10.0. The minimum absolute atomic E-state index is 0.212. The van der Waals surface area contributed by atoms with Crippen molar-refractivity contribution < 1.29 is 4.79 Å². The highest BCUT2D eigenvalue weighted by atomic mass is 32.2. The molecule has 0 aromatic heterocycles. The Morgan fingerprint density at radius 3 is 2.50 bits per heavy atom. The molecule has 2 heteroatoms. The Hall–Kier alpha value is 0.0200. The number of thioether (sulfide) groups is 1. The Labute approximate surface area is 67.6 Å². The molecular formula is C8H16OS. The Balaban J connectivity index is 3.22. The fourth-order valence-electron chi connectivity index (χ4n) is 0.484. The van der Waals surface area contributed by atoms with Crippen molar-refractivity contribution in [2.24, 2.45) is 5.92 Å². The van der Waals surface area contributed by atoms with Gasteiger partial charge in [0.25, 0.3) is 0 Å². The molecule has 0 N–H and O–H groups in total. The number of hydrogen-bond acceptors (Lipinski definition) is 2. The molecule has 0 saturated carbocycles. The lowest BCUT2D eigenvalue weighted by molar-refractivity contribution is -0.119. The van der Waals surface area contributed by atoms with E-state index in [1.54, 1.807) is 11.8 Å². The van der Waals surface area contributed by atoms with Crippen LogP contribution in [0.5, 0.6) is 0 Å². The predicted molar refractivity (Wildman–Crippen MR) is 47.5 cm³/mol. The first-order valence-corrected chi connectivity index (χ1v) is 4.94. The van der Waals surface area contributed by atoms with Crippen LogP contribution in [0.1, 0.15) is 27.2 Å². The molecule has 0 aliphatic heterocycles. The summed E-state index contributed by atoms with van der Waals surface area (Å²) >= 11 is 1.74. The zero-order chi connectivity index (χ0) is 7.98. The standard InChI is InChI=1S/C8H16OS/c1-4-5-10-6-8(9)7(2)3/h7H,4-6H2,1-3H3. The first-order valence-electron chi connectivity index (χ1n) is 3.79. The molecular weight excluding hydrogens is 144 g/mol. The molecule has 0 aromatic carbocycles. The van der Waals surface area contributed by atoms with Crippen molar-refractivity contribution in [1.82, 2.24) is 0 Å². The summed E-state index contributed by atoms with van der Waals surface area (Å²) in [6.07, 6.45) is 1.16. The first-order chi connectivity index (χ1) is 4.68. The second kappa shape index (κ2) is 5.78. The number of carbonyl (C=O) groups excluding carboxylic acids is 1. The van der Waals surface area contributed by atoms with E-state index < -0.39 is 0 Å². The van der Waals surface area contributed by atoms with Gasteiger partial charge in [-0.2, -0.15) is 11.8 Å². The van der Waals surface area contributed by atoms with Gasteiger partial charge in [-0.15, -0.1) is 0 Å². The van der Waals surface area contributed by atoms with Crippen LogP contribution in [0, 0.1) is 5.92 Å². The molecule has 0 saturated heterocycles. The van der Waals surface area contributed by atoms with Gasteiger partial charge in [0.05, 0.1) is 5.75 Å². The van der Waals surface area contributed by atoms with Crippen molar-refractivity contribution in [2.75, 3.05) is 11.5 Å². The molecule has 0 radical (unpaired) electrons. The molecule has 0 atom stereocenters. The minimum Gasteiger partial charge on any atom is -0.298 e. The van der Waals surface area contributed by atoms with Gasteiger partial charge in [0.1, 0.15) is 5.78 Å². The molecule has 0 rings (SSSR count). The normalized spacial score (nSPS) is 10.4. The molecule has 0 unspecified atom stereocenters. The molecule has 0 spiro atoms. The quantitative estimate of drug-likeness (QED) is 0.574. The van der Waals surface area contributed by atoms with E-state index >= 15 is 0 Å².